The van der Waals surface area contributed by atoms with E-state index in [-0.39, 0.29) is 11.7 Å². The predicted molar refractivity (Wildman–Crippen MR) is 101 cm³/mol. The van der Waals surface area contributed by atoms with Gasteiger partial charge in [-0.05, 0) is 31.5 Å². The van der Waals surface area contributed by atoms with Crippen LogP contribution in [-0.4, -0.2) is 26.9 Å². The molecule has 2 aromatic carbocycles. The molecule has 0 aliphatic heterocycles. The number of nitrogens with one attached hydrogen (secondary N) is 2. The second-order valence-electron chi connectivity index (χ2n) is 5.74. The number of Topliss-reactive ketones (excluding diaryl/α,β-unsaturated/α-hetero) is 1. The quantitative estimate of drug-likeness (QED) is 0.512. The Kier molecular flexibility index (Phi) is 5.48. The lowest BCUT2D eigenvalue weighted by Crippen LogP contribution is -2.19. The molecule has 0 spiro atoms. The number of aryl methyl sites for hydroxylation is 1. The van der Waals surface area contributed by atoms with Crippen molar-refractivity contribution in [2.45, 2.75) is 24.3 Å². The summed E-state index contributed by atoms with van der Waals surface area (Å²) < 4.78 is 0. The zero-order chi connectivity index (χ0) is 18.5. The molecule has 1 atom stereocenters. The van der Waals surface area contributed by atoms with Crippen molar-refractivity contribution < 1.29 is 9.59 Å². The van der Waals surface area contributed by atoms with Crippen LogP contribution in [-0.2, 0) is 4.79 Å². The van der Waals surface area contributed by atoms with Crippen molar-refractivity contribution in [3.63, 3.8) is 0 Å². The average Bonchev–Trinajstić information content (AvgIpc) is 3.05. The van der Waals surface area contributed by atoms with Crippen LogP contribution < -0.4 is 5.32 Å². The molecular formula is C19H18N4O2S. The number of aromatic amines is 1. The number of H-pyrrole nitrogens is 1. The fourth-order valence-corrected chi connectivity index (χ4v) is 3.36. The number of benzene rings is 2. The summed E-state index contributed by atoms with van der Waals surface area (Å²) in [5, 5.41) is 9.76. The number of ketones is 1. The molecule has 0 bridgehead atoms. The molecule has 0 radical (unpaired) electrons. The molecule has 6 nitrogen and oxygen atoms in total. The lowest BCUT2D eigenvalue weighted by molar-refractivity contribution is -0.115. The number of rotatable bonds is 6. The van der Waals surface area contributed by atoms with E-state index in [0.717, 1.165) is 5.56 Å². The highest BCUT2D eigenvalue weighted by Gasteiger charge is 2.24. The average molecular weight is 366 g/mol. The Labute approximate surface area is 155 Å². The lowest BCUT2D eigenvalue weighted by atomic mass is 10.1. The van der Waals surface area contributed by atoms with Crippen molar-refractivity contribution in [3.8, 4) is 0 Å². The van der Waals surface area contributed by atoms with E-state index in [1.165, 1.54) is 18.7 Å². The molecular weight excluding hydrogens is 348 g/mol. The number of anilines is 1. The van der Waals surface area contributed by atoms with Gasteiger partial charge in [-0.25, -0.2) is 4.98 Å². The van der Waals surface area contributed by atoms with E-state index in [2.05, 4.69) is 20.5 Å². The van der Waals surface area contributed by atoms with Crippen molar-refractivity contribution in [2.75, 3.05) is 5.32 Å². The van der Waals surface area contributed by atoms with E-state index >= 15 is 0 Å². The summed E-state index contributed by atoms with van der Waals surface area (Å²) in [6.07, 6.45) is 0. The summed E-state index contributed by atoms with van der Waals surface area (Å²) in [4.78, 5) is 28.7. The SMILES string of the molecule is CC(=O)c1cccc(NC(=O)C(Sc2n[nH]c(C)n2)c2ccccc2)c1. The third-order valence-electron chi connectivity index (χ3n) is 3.68. The summed E-state index contributed by atoms with van der Waals surface area (Å²) >= 11 is 1.27. The van der Waals surface area contributed by atoms with Crippen molar-refractivity contribution in [1.82, 2.24) is 15.2 Å². The van der Waals surface area contributed by atoms with Crippen LogP contribution in [0.4, 0.5) is 5.69 Å². The van der Waals surface area contributed by atoms with Crippen molar-refractivity contribution in [3.05, 3.63) is 71.5 Å². The standard InChI is InChI=1S/C19H18N4O2S/c1-12(24)15-9-6-10-16(11-15)21-18(25)17(14-7-4-3-5-8-14)26-19-20-13(2)22-23-19/h3-11,17H,1-2H3,(H,21,25)(H,20,22,23). The number of aromatic nitrogens is 3. The van der Waals surface area contributed by atoms with E-state index < -0.39 is 5.25 Å². The summed E-state index contributed by atoms with van der Waals surface area (Å²) in [6.45, 7) is 3.30. The zero-order valence-electron chi connectivity index (χ0n) is 14.4. The van der Waals surface area contributed by atoms with Gasteiger partial charge in [-0.3, -0.25) is 14.7 Å². The molecule has 2 N–H and O–H groups in total. The second-order valence-corrected chi connectivity index (χ2v) is 6.81. The number of thioether (sulfide) groups is 1. The Morgan fingerprint density at radius 3 is 2.54 bits per heavy atom. The monoisotopic (exact) mass is 366 g/mol. The maximum Gasteiger partial charge on any atom is 0.242 e. The Morgan fingerprint density at radius 1 is 1.12 bits per heavy atom. The van der Waals surface area contributed by atoms with Crippen LogP contribution >= 0.6 is 11.8 Å². The first-order valence-corrected chi connectivity index (χ1v) is 8.93. The summed E-state index contributed by atoms with van der Waals surface area (Å²) in [7, 11) is 0. The Bertz CT molecular complexity index is 924. The Morgan fingerprint density at radius 2 is 1.88 bits per heavy atom. The predicted octanol–water partition coefficient (Wildman–Crippen LogP) is 3.79. The van der Waals surface area contributed by atoms with Gasteiger partial charge in [-0.2, -0.15) is 0 Å². The van der Waals surface area contributed by atoms with Crippen molar-refractivity contribution in [2.24, 2.45) is 0 Å². The van der Waals surface area contributed by atoms with Gasteiger partial charge in [0.05, 0.1) is 0 Å². The first-order valence-electron chi connectivity index (χ1n) is 8.05. The molecule has 1 amide bonds. The van der Waals surface area contributed by atoms with Crippen LogP contribution in [0, 0.1) is 6.92 Å². The fraction of sp³-hybridized carbons (Fsp3) is 0.158. The third-order valence-corrected chi connectivity index (χ3v) is 4.79. The minimum Gasteiger partial charge on any atom is -0.325 e. The van der Waals surface area contributed by atoms with Crippen LogP contribution in [0.5, 0.6) is 0 Å². The van der Waals surface area contributed by atoms with Gasteiger partial charge in [-0.1, -0.05) is 54.2 Å². The van der Waals surface area contributed by atoms with Gasteiger partial charge in [-0.15, -0.1) is 5.10 Å². The first-order chi connectivity index (χ1) is 12.5. The van der Waals surface area contributed by atoms with Crippen LogP contribution in [0.3, 0.4) is 0 Å². The Hall–Kier alpha value is -2.93. The molecule has 1 aromatic heterocycles. The maximum atomic E-state index is 12.9. The number of hydrogen-bond acceptors (Lipinski definition) is 5. The normalized spacial score (nSPS) is 11.8. The number of hydrogen-bond donors (Lipinski definition) is 2. The van der Waals surface area contributed by atoms with Gasteiger partial charge < -0.3 is 5.32 Å². The third kappa shape index (κ3) is 4.37. The second kappa shape index (κ2) is 7.97. The molecule has 0 saturated heterocycles. The lowest BCUT2D eigenvalue weighted by Gasteiger charge is -2.15. The van der Waals surface area contributed by atoms with Gasteiger partial charge in [0, 0.05) is 11.3 Å². The molecule has 0 fully saturated rings. The van der Waals surface area contributed by atoms with E-state index in [1.54, 1.807) is 24.3 Å². The molecule has 132 valence electrons. The van der Waals surface area contributed by atoms with Gasteiger partial charge in [0.25, 0.3) is 0 Å². The molecule has 26 heavy (non-hydrogen) atoms. The van der Waals surface area contributed by atoms with Crippen molar-refractivity contribution >= 4 is 29.1 Å². The topological polar surface area (TPSA) is 87.7 Å². The van der Waals surface area contributed by atoms with Gasteiger partial charge in [0.15, 0.2) is 5.78 Å². The highest BCUT2D eigenvalue weighted by molar-refractivity contribution is 8.00. The van der Waals surface area contributed by atoms with Gasteiger partial charge in [0.2, 0.25) is 11.1 Å². The highest BCUT2D eigenvalue weighted by Crippen LogP contribution is 2.34. The van der Waals surface area contributed by atoms with E-state index in [4.69, 9.17) is 0 Å². The molecule has 3 rings (SSSR count). The Balaban J connectivity index is 1.85. The first kappa shape index (κ1) is 17.9. The van der Waals surface area contributed by atoms with E-state index in [1.807, 2.05) is 37.3 Å². The maximum absolute atomic E-state index is 12.9. The molecule has 0 aliphatic rings. The minimum atomic E-state index is -0.521. The minimum absolute atomic E-state index is 0.0497. The van der Waals surface area contributed by atoms with Crippen LogP contribution in [0.2, 0.25) is 0 Å². The summed E-state index contributed by atoms with van der Waals surface area (Å²) in [6, 6.07) is 16.3. The number of amides is 1. The van der Waals surface area contributed by atoms with E-state index in [9.17, 15) is 9.59 Å². The number of nitrogens with zero attached hydrogens (tertiary/aromatic N) is 2. The van der Waals surface area contributed by atoms with E-state index in [0.29, 0.717) is 22.2 Å². The summed E-state index contributed by atoms with van der Waals surface area (Å²) in [5.74, 6) is 0.435. The zero-order valence-corrected chi connectivity index (χ0v) is 15.2. The highest BCUT2D eigenvalue weighted by atomic mass is 32.2. The number of carbonyl (C=O) groups is 2. The smallest absolute Gasteiger partial charge is 0.242 e. The van der Waals surface area contributed by atoms with Crippen LogP contribution in [0.25, 0.3) is 0 Å². The molecule has 3 aromatic rings. The number of carbonyl (C=O) groups excluding carboxylic acids is 2. The molecule has 0 aliphatic carbocycles. The fourth-order valence-electron chi connectivity index (χ4n) is 2.40. The van der Waals surface area contributed by atoms with Crippen molar-refractivity contribution in [1.29, 1.82) is 0 Å². The van der Waals surface area contributed by atoms with Crippen LogP contribution in [0.15, 0.2) is 59.8 Å². The molecule has 1 unspecified atom stereocenters. The molecule has 1 heterocycles. The van der Waals surface area contributed by atoms with Gasteiger partial charge in [0.1, 0.15) is 11.1 Å². The molecule has 7 heteroatoms. The van der Waals surface area contributed by atoms with Gasteiger partial charge >= 0.3 is 0 Å². The van der Waals surface area contributed by atoms with Crippen LogP contribution in [0.1, 0.15) is 33.9 Å². The molecule has 0 saturated carbocycles. The largest absolute Gasteiger partial charge is 0.325 e. The summed E-state index contributed by atoms with van der Waals surface area (Å²) in [5.41, 5.74) is 1.98.